The van der Waals surface area contributed by atoms with Gasteiger partial charge >= 0.3 is 0 Å². The molecule has 0 bridgehead atoms. The van der Waals surface area contributed by atoms with Crippen molar-refractivity contribution >= 4 is 17.8 Å². The van der Waals surface area contributed by atoms with Gasteiger partial charge < -0.3 is 15.2 Å². The molecule has 0 aliphatic heterocycles. The molecule has 0 spiro atoms. The zero-order valence-corrected chi connectivity index (χ0v) is 13.7. The molecule has 1 amide bonds. The molecule has 126 valence electrons. The minimum absolute atomic E-state index is 0.0281. The highest BCUT2D eigenvalue weighted by atomic mass is 16.5. The predicted molar refractivity (Wildman–Crippen MR) is 94.5 cm³/mol. The number of phenols is 1. The molecule has 0 saturated heterocycles. The zero-order chi connectivity index (χ0) is 17.4. The van der Waals surface area contributed by atoms with E-state index in [0.717, 1.165) is 5.69 Å². The highest BCUT2D eigenvalue weighted by Crippen LogP contribution is 2.23. The highest BCUT2D eigenvalue weighted by Gasteiger charge is 2.04. The van der Waals surface area contributed by atoms with Crippen LogP contribution in [-0.4, -0.2) is 29.9 Å². The van der Waals surface area contributed by atoms with E-state index in [9.17, 15) is 9.90 Å². The van der Waals surface area contributed by atoms with Gasteiger partial charge in [0.05, 0.1) is 18.9 Å². The molecule has 0 aromatic heterocycles. The maximum absolute atomic E-state index is 11.7. The second-order valence-electron chi connectivity index (χ2n) is 5.40. The summed E-state index contributed by atoms with van der Waals surface area (Å²) >= 11 is 0. The van der Waals surface area contributed by atoms with E-state index in [2.05, 4.69) is 15.8 Å². The predicted octanol–water partition coefficient (Wildman–Crippen LogP) is 2.74. The number of hydrogen-bond acceptors (Lipinski definition) is 5. The number of nitrogens with one attached hydrogen (secondary N) is 2. The lowest BCUT2D eigenvalue weighted by atomic mass is 10.2. The lowest BCUT2D eigenvalue weighted by molar-refractivity contribution is -0.119. The van der Waals surface area contributed by atoms with E-state index < -0.39 is 0 Å². The summed E-state index contributed by atoms with van der Waals surface area (Å²) < 4.78 is 5.48. The van der Waals surface area contributed by atoms with E-state index in [4.69, 9.17) is 4.74 Å². The molecule has 0 radical (unpaired) electrons. The van der Waals surface area contributed by atoms with Crippen LogP contribution >= 0.6 is 0 Å². The number of rotatable bonds is 7. The second-order valence-corrected chi connectivity index (χ2v) is 5.40. The zero-order valence-electron chi connectivity index (χ0n) is 13.7. The first-order valence-corrected chi connectivity index (χ1v) is 7.65. The number of nitrogens with zero attached hydrogens (tertiary/aromatic N) is 1. The molecule has 0 fully saturated rings. The molecule has 2 rings (SSSR count). The Hall–Kier alpha value is -3.02. The van der Waals surface area contributed by atoms with E-state index in [-0.39, 0.29) is 24.3 Å². The van der Waals surface area contributed by atoms with Gasteiger partial charge in [-0.3, -0.25) is 4.79 Å². The minimum Gasteiger partial charge on any atom is -0.507 e. The van der Waals surface area contributed by atoms with Crippen molar-refractivity contribution < 1.29 is 14.6 Å². The van der Waals surface area contributed by atoms with E-state index in [1.165, 1.54) is 12.3 Å². The SMILES string of the molecule is CC(C)Oc1ccc(/C=N\NC(=O)CNc2ccccc2)c(O)c1. The number of phenolic OH excluding ortho intramolecular Hbond substituents is 1. The fourth-order valence-corrected chi connectivity index (χ4v) is 1.93. The average molecular weight is 327 g/mol. The Balaban J connectivity index is 1.83. The van der Waals surface area contributed by atoms with Crippen molar-refractivity contribution in [2.24, 2.45) is 5.10 Å². The average Bonchev–Trinajstić information content (AvgIpc) is 2.55. The van der Waals surface area contributed by atoms with Crippen LogP contribution in [0.1, 0.15) is 19.4 Å². The van der Waals surface area contributed by atoms with Gasteiger partial charge in [0.25, 0.3) is 5.91 Å². The van der Waals surface area contributed by atoms with Gasteiger partial charge in [0.1, 0.15) is 11.5 Å². The van der Waals surface area contributed by atoms with Crippen LogP contribution in [0, 0.1) is 0 Å². The number of ether oxygens (including phenoxy) is 1. The van der Waals surface area contributed by atoms with Gasteiger partial charge in [-0.05, 0) is 38.1 Å². The fraction of sp³-hybridized carbons (Fsp3) is 0.222. The van der Waals surface area contributed by atoms with Crippen molar-refractivity contribution in [3.63, 3.8) is 0 Å². The number of aromatic hydroxyl groups is 1. The monoisotopic (exact) mass is 327 g/mol. The second kappa shape index (κ2) is 8.57. The van der Waals surface area contributed by atoms with E-state index in [0.29, 0.717) is 11.3 Å². The van der Waals surface area contributed by atoms with Crippen molar-refractivity contribution in [2.45, 2.75) is 20.0 Å². The lowest BCUT2D eigenvalue weighted by Crippen LogP contribution is -2.25. The molecular weight excluding hydrogens is 306 g/mol. The Morgan fingerprint density at radius 1 is 1.25 bits per heavy atom. The number of anilines is 1. The van der Waals surface area contributed by atoms with Crippen molar-refractivity contribution in [3.05, 3.63) is 54.1 Å². The number of benzene rings is 2. The topological polar surface area (TPSA) is 83.0 Å². The Morgan fingerprint density at radius 3 is 2.67 bits per heavy atom. The first-order chi connectivity index (χ1) is 11.5. The maximum atomic E-state index is 11.7. The fourth-order valence-electron chi connectivity index (χ4n) is 1.93. The summed E-state index contributed by atoms with van der Waals surface area (Å²) in [7, 11) is 0. The number of amides is 1. The minimum atomic E-state index is -0.283. The van der Waals surface area contributed by atoms with Gasteiger partial charge in [0, 0.05) is 17.3 Å². The van der Waals surface area contributed by atoms with Crippen LogP contribution in [0.4, 0.5) is 5.69 Å². The summed E-state index contributed by atoms with van der Waals surface area (Å²) in [6.45, 7) is 3.92. The Kier molecular flexibility index (Phi) is 6.19. The molecule has 24 heavy (non-hydrogen) atoms. The Labute approximate surface area is 141 Å². The normalized spacial score (nSPS) is 10.8. The van der Waals surface area contributed by atoms with Crippen LogP contribution in [0.5, 0.6) is 11.5 Å². The third kappa shape index (κ3) is 5.64. The summed E-state index contributed by atoms with van der Waals surface area (Å²) in [5.41, 5.74) is 3.75. The van der Waals surface area contributed by atoms with Gasteiger partial charge in [0.2, 0.25) is 0 Å². The molecule has 6 heteroatoms. The molecule has 0 aliphatic carbocycles. The molecule has 0 saturated carbocycles. The Morgan fingerprint density at radius 2 is 2.00 bits per heavy atom. The van der Waals surface area contributed by atoms with Crippen LogP contribution in [0.3, 0.4) is 0 Å². The van der Waals surface area contributed by atoms with Crippen molar-refractivity contribution in [1.29, 1.82) is 0 Å². The van der Waals surface area contributed by atoms with E-state index in [1.807, 2.05) is 44.2 Å². The molecule has 2 aromatic rings. The molecule has 0 heterocycles. The quantitative estimate of drug-likeness (QED) is 0.539. The number of para-hydroxylation sites is 1. The summed E-state index contributed by atoms with van der Waals surface area (Å²) in [6, 6.07) is 14.3. The van der Waals surface area contributed by atoms with Gasteiger partial charge in [-0.25, -0.2) is 5.43 Å². The number of hydrogen-bond donors (Lipinski definition) is 3. The first kappa shape index (κ1) is 17.3. The largest absolute Gasteiger partial charge is 0.507 e. The van der Waals surface area contributed by atoms with Crippen molar-refractivity contribution in [1.82, 2.24) is 5.43 Å². The molecule has 0 aliphatic rings. The van der Waals surface area contributed by atoms with Crippen LogP contribution in [0.2, 0.25) is 0 Å². The summed E-state index contributed by atoms with van der Waals surface area (Å²) in [4.78, 5) is 11.7. The summed E-state index contributed by atoms with van der Waals surface area (Å²) in [5.74, 6) is 0.332. The molecule has 3 N–H and O–H groups in total. The lowest BCUT2D eigenvalue weighted by Gasteiger charge is -2.10. The first-order valence-electron chi connectivity index (χ1n) is 7.65. The van der Waals surface area contributed by atoms with Crippen LogP contribution in [0.25, 0.3) is 0 Å². The van der Waals surface area contributed by atoms with Gasteiger partial charge in [0.15, 0.2) is 0 Å². The number of hydrazone groups is 1. The maximum Gasteiger partial charge on any atom is 0.259 e. The van der Waals surface area contributed by atoms with Crippen LogP contribution < -0.4 is 15.5 Å². The van der Waals surface area contributed by atoms with Gasteiger partial charge in [-0.2, -0.15) is 5.10 Å². The van der Waals surface area contributed by atoms with Crippen LogP contribution in [0.15, 0.2) is 53.6 Å². The third-order valence-electron chi connectivity index (χ3n) is 2.99. The van der Waals surface area contributed by atoms with Crippen LogP contribution in [-0.2, 0) is 4.79 Å². The molecular formula is C18H21N3O3. The number of carbonyl (C=O) groups excluding carboxylic acids is 1. The summed E-state index contributed by atoms with van der Waals surface area (Å²) in [6.07, 6.45) is 1.41. The Bertz CT molecular complexity index is 700. The van der Waals surface area contributed by atoms with Crippen molar-refractivity contribution in [3.8, 4) is 11.5 Å². The molecule has 0 atom stereocenters. The third-order valence-corrected chi connectivity index (χ3v) is 2.99. The molecule has 2 aromatic carbocycles. The van der Waals surface area contributed by atoms with Crippen molar-refractivity contribution in [2.75, 3.05) is 11.9 Å². The number of carbonyl (C=O) groups is 1. The van der Waals surface area contributed by atoms with Gasteiger partial charge in [-0.15, -0.1) is 0 Å². The van der Waals surface area contributed by atoms with E-state index in [1.54, 1.807) is 12.1 Å². The molecule has 6 nitrogen and oxygen atoms in total. The highest BCUT2D eigenvalue weighted by molar-refractivity contribution is 5.86. The summed E-state index contributed by atoms with van der Waals surface area (Å²) in [5, 5.41) is 16.7. The van der Waals surface area contributed by atoms with Gasteiger partial charge in [-0.1, -0.05) is 18.2 Å². The smallest absolute Gasteiger partial charge is 0.259 e. The standard InChI is InChI=1S/C18H21N3O3/c1-13(2)24-16-9-8-14(17(22)10-16)11-20-21-18(23)12-19-15-6-4-3-5-7-15/h3-11,13,19,22H,12H2,1-2H3,(H,21,23)/b20-11-. The van der Waals surface area contributed by atoms with E-state index >= 15 is 0 Å². The molecule has 0 unspecified atom stereocenters.